The van der Waals surface area contributed by atoms with Crippen molar-refractivity contribution in [3.63, 3.8) is 0 Å². The molecule has 0 saturated carbocycles. The Hall–Kier alpha value is -4.26. The van der Waals surface area contributed by atoms with Crippen molar-refractivity contribution in [3.05, 3.63) is 83.0 Å². The molecule has 0 aliphatic rings. The number of halogens is 1. The summed E-state index contributed by atoms with van der Waals surface area (Å²) in [6, 6.07) is 10.4. The van der Waals surface area contributed by atoms with Crippen LogP contribution in [0.3, 0.4) is 0 Å². The van der Waals surface area contributed by atoms with E-state index in [-0.39, 0.29) is 5.82 Å². The maximum absolute atomic E-state index is 13.8. The van der Waals surface area contributed by atoms with E-state index in [1.54, 1.807) is 16.9 Å². The van der Waals surface area contributed by atoms with Crippen molar-refractivity contribution in [1.29, 1.82) is 0 Å². The number of aromatic amines is 2. The van der Waals surface area contributed by atoms with Crippen LogP contribution in [0.2, 0.25) is 0 Å². The summed E-state index contributed by atoms with van der Waals surface area (Å²) in [4.78, 5) is 7.75. The Morgan fingerprint density at radius 1 is 1.22 bits per heavy atom. The molecule has 0 aliphatic heterocycles. The van der Waals surface area contributed by atoms with Crippen LogP contribution in [-0.4, -0.2) is 29.9 Å². The number of H-pyrrole nitrogens is 2. The van der Waals surface area contributed by atoms with Crippen LogP contribution in [0, 0.1) is 5.82 Å². The van der Waals surface area contributed by atoms with Gasteiger partial charge in [-0.2, -0.15) is 10.2 Å². The summed E-state index contributed by atoms with van der Waals surface area (Å²) in [5, 5.41) is 14.2. The average Bonchev–Trinajstić information content (AvgIpc) is 3.50. The van der Waals surface area contributed by atoms with Gasteiger partial charge in [-0.25, -0.2) is 9.37 Å². The number of aryl methyl sites for hydroxylation is 1. The minimum Gasteiger partial charge on any atom is -0.338 e. The number of hydrogen-bond acceptors (Lipinski definition) is 3. The van der Waals surface area contributed by atoms with E-state index in [0.717, 1.165) is 43.9 Å². The molecule has 1 aromatic carbocycles. The smallest absolute Gasteiger partial charge is 0.138 e. The topological polar surface area (TPSA) is 75.2 Å². The maximum Gasteiger partial charge on any atom is 0.138 e. The number of allylic oxidation sites excluding steroid dienone is 2. The largest absolute Gasteiger partial charge is 0.338 e. The second kappa shape index (κ2) is 7.77. The van der Waals surface area contributed by atoms with Crippen molar-refractivity contribution in [1.82, 2.24) is 29.9 Å². The standard InChI is InChI=1S/C25H21FN6/c1-15(18-13-28-32(3)14-18)7-8-22-16(2)24(31-30-22)23-12-21-20(9-10-27-25(21)29-23)17-5-4-6-19(26)11-17/h4-14,30H,2H2,1,3H3,(H,27,29)/b15-7+,22-8+. The first kappa shape index (κ1) is 19.7. The lowest BCUT2D eigenvalue weighted by molar-refractivity contribution is 0.628. The highest BCUT2D eigenvalue weighted by molar-refractivity contribution is 5.95. The van der Waals surface area contributed by atoms with Crippen LogP contribution in [-0.2, 0) is 7.05 Å². The molecule has 0 unspecified atom stereocenters. The molecule has 2 N–H and O–H groups in total. The van der Waals surface area contributed by atoms with E-state index in [1.807, 2.05) is 56.7 Å². The lowest BCUT2D eigenvalue weighted by Crippen LogP contribution is -2.21. The summed E-state index contributed by atoms with van der Waals surface area (Å²) in [7, 11) is 1.89. The molecule has 0 fully saturated rings. The van der Waals surface area contributed by atoms with E-state index < -0.39 is 0 Å². The lowest BCUT2D eigenvalue weighted by Gasteiger charge is -2.02. The van der Waals surface area contributed by atoms with E-state index >= 15 is 0 Å². The van der Waals surface area contributed by atoms with Crippen molar-refractivity contribution < 1.29 is 4.39 Å². The fourth-order valence-electron chi connectivity index (χ4n) is 3.73. The van der Waals surface area contributed by atoms with Gasteiger partial charge in [0, 0.05) is 35.6 Å². The molecular formula is C25H21FN6. The molecular weight excluding hydrogens is 403 g/mol. The summed E-state index contributed by atoms with van der Waals surface area (Å²) in [5.74, 6) is -0.273. The Labute approximate surface area is 183 Å². The first-order chi connectivity index (χ1) is 15.5. The van der Waals surface area contributed by atoms with Crippen LogP contribution in [0.15, 0.2) is 61.1 Å². The molecule has 0 bridgehead atoms. The van der Waals surface area contributed by atoms with Crippen molar-refractivity contribution in [2.45, 2.75) is 6.92 Å². The third-order valence-electron chi connectivity index (χ3n) is 5.48. The van der Waals surface area contributed by atoms with Crippen molar-refractivity contribution >= 4 is 29.3 Å². The molecule has 0 saturated heterocycles. The summed E-state index contributed by atoms with van der Waals surface area (Å²) in [6.07, 6.45) is 9.48. The molecule has 0 radical (unpaired) electrons. The summed E-state index contributed by atoms with van der Waals surface area (Å²) in [6.45, 7) is 6.25. The van der Waals surface area contributed by atoms with Gasteiger partial charge in [-0.3, -0.25) is 9.78 Å². The van der Waals surface area contributed by atoms with Gasteiger partial charge in [0.2, 0.25) is 0 Å². The predicted octanol–water partition coefficient (Wildman–Crippen LogP) is 3.79. The molecule has 4 heterocycles. The molecule has 32 heavy (non-hydrogen) atoms. The van der Waals surface area contributed by atoms with Crippen LogP contribution in [0.4, 0.5) is 4.39 Å². The number of aromatic nitrogens is 6. The van der Waals surface area contributed by atoms with Gasteiger partial charge >= 0.3 is 0 Å². The van der Waals surface area contributed by atoms with E-state index in [1.165, 1.54) is 12.1 Å². The van der Waals surface area contributed by atoms with Crippen molar-refractivity contribution in [2.75, 3.05) is 0 Å². The Kier molecular flexibility index (Phi) is 4.78. The molecule has 5 aromatic rings. The molecule has 6 nitrogen and oxygen atoms in total. The van der Waals surface area contributed by atoms with Crippen LogP contribution >= 0.6 is 0 Å². The van der Waals surface area contributed by atoms with E-state index in [4.69, 9.17) is 0 Å². The van der Waals surface area contributed by atoms with E-state index in [2.05, 4.69) is 31.8 Å². The van der Waals surface area contributed by atoms with Crippen LogP contribution in [0.1, 0.15) is 12.5 Å². The Bertz CT molecular complexity index is 1580. The molecule has 7 heteroatoms. The average molecular weight is 424 g/mol. The normalized spacial score (nSPS) is 12.7. The van der Waals surface area contributed by atoms with Crippen LogP contribution < -0.4 is 10.6 Å². The lowest BCUT2D eigenvalue weighted by atomic mass is 10.0. The minimum atomic E-state index is -0.273. The highest BCUT2D eigenvalue weighted by Crippen LogP contribution is 2.30. The molecule has 158 valence electrons. The SMILES string of the molecule is C=c1c(-c2cc3c(-c4cccc(F)c4)ccnc3[nH]2)n[nH]/c1=C/C=C(\C)c1cnn(C)c1. The van der Waals surface area contributed by atoms with E-state index in [0.29, 0.717) is 11.3 Å². The van der Waals surface area contributed by atoms with Crippen LogP contribution in [0.25, 0.3) is 51.8 Å². The fraction of sp³-hybridized carbons (Fsp3) is 0.0800. The fourth-order valence-corrected chi connectivity index (χ4v) is 3.73. The van der Waals surface area contributed by atoms with Gasteiger partial charge in [0.15, 0.2) is 0 Å². The first-order valence-corrected chi connectivity index (χ1v) is 10.1. The second-order valence-corrected chi connectivity index (χ2v) is 7.70. The molecule has 4 aromatic heterocycles. The van der Waals surface area contributed by atoms with Gasteiger partial charge in [0.25, 0.3) is 0 Å². The summed E-state index contributed by atoms with van der Waals surface area (Å²) < 4.78 is 15.5. The molecule has 0 spiro atoms. The second-order valence-electron chi connectivity index (χ2n) is 7.70. The molecule has 0 atom stereocenters. The predicted molar refractivity (Wildman–Crippen MR) is 125 cm³/mol. The maximum atomic E-state index is 13.8. The number of fused-ring (bicyclic) bond motifs is 1. The highest BCUT2D eigenvalue weighted by Gasteiger charge is 2.12. The Morgan fingerprint density at radius 2 is 2.09 bits per heavy atom. The van der Waals surface area contributed by atoms with Gasteiger partial charge in [-0.1, -0.05) is 24.8 Å². The Balaban J connectivity index is 1.55. The van der Waals surface area contributed by atoms with Gasteiger partial charge in [0.05, 0.1) is 17.2 Å². The van der Waals surface area contributed by atoms with Gasteiger partial charge in [0.1, 0.15) is 17.2 Å². The summed E-state index contributed by atoms with van der Waals surface area (Å²) >= 11 is 0. The minimum absolute atomic E-state index is 0.273. The number of benzene rings is 1. The number of hydrogen-bond donors (Lipinski definition) is 2. The first-order valence-electron chi connectivity index (χ1n) is 10.1. The van der Waals surface area contributed by atoms with Gasteiger partial charge < -0.3 is 4.98 Å². The zero-order valence-electron chi connectivity index (χ0n) is 17.7. The Morgan fingerprint density at radius 3 is 2.88 bits per heavy atom. The summed E-state index contributed by atoms with van der Waals surface area (Å²) in [5.41, 5.74) is 6.06. The van der Waals surface area contributed by atoms with Gasteiger partial charge in [-0.05, 0) is 54.0 Å². The number of nitrogens with zero attached hydrogens (tertiary/aromatic N) is 4. The van der Waals surface area contributed by atoms with Crippen LogP contribution in [0.5, 0.6) is 0 Å². The number of rotatable bonds is 4. The van der Waals surface area contributed by atoms with Gasteiger partial charge in [-0.15, -0.1) is 0 Å². The molecule has 5 rings (SSSR count). The van der Waals surface area contributed by atoms with Crippen molar-refractivity contribution in [2.24, 2.45) is 7.05 Å². The van der Waals surface area contributed by atoms with E-state index in [9.17, 15) is 4.39 Å². The molecule has 0 amide bonds. The number of pyridine rings is 1. The zero-order valence-corrected chi connectivity index (χ0v) is 17.7. The third-order valence-corrected chi connectivity index (χ3v) is 5.48. The monoisotopic (exact) mass is 424 g/mol. The van der Waals surface area contributed by atoms with Crippen molar-refractivity contribution in [3.8, 4) is 22.5 Å². The zero-order chi connectivity index (χ0) is 22.2. The highest BCUT2D eigenvalue weighted by atomic mass is 19.1. The number of nitrogens with one attached hydrogen (secondary N) is 2. The third kappa shape index (κ3) is 3.54. The quantitative estimate of drug-likeness (QED) is 0.461. The molecule has 0 aliphatic carbocycles.